The van der Waals surface area contributed by atoms with Gasteiger partial charge in [-0.05, 0) is 88.6 Å². The Bertz CT molecular complexity index is 1860. The second-order valence-electron chi connectivity index (χ2n) is 14.2. The lowest BCUT2D eigenvalue weighted by Crippen LogP contribution is -2.44. The van der Waals surface area contributed by atoms with Gasteiger partial charge in [-0.15, -0.1) is 0 Å². The van der Waals surface area contributed by atoms with Crippen LogP contribution in [0.25, 0.3) is 0 Å². The molecule has 0 radical (unpaired) electrons. The third-order valence-electron chi connectivity index (χ3n) is 9.10. The second kappa shape index (κ2) is 12.5. The number of benzene rings is 3. The Morgan fingerprint density at radius 1 is 0.809 bits per heavy atom. The van der Waals surface area contributed by atoms with E-state index in [0.717, 1.165) is 17.0 Å². The first-order valence-corrected chi connectivity index (χ1v) is 18.5. The van der Waals surface area contributed by atoms with Gasteiger partial charge in [0.05, 0.1) is 10.2 Å². The van der Waals surface area contributed by atoms with Crippen LogP contribution < -0.4 is 8.92 Å². The van der Waals surface area contributed by atoms with Crippen molar-refractivity contribution in [3.05, 3.63) is 110 Å². The summed E-state index contributed by atoms with van der Waals surface area (Å²) < 4.78 is 38.8. The molecule has 1 heterocycles. The number of hydrogen-bond donors (Lipinski definition) is 0. The molecule has 0 aromatic heterocycles. The Labute approximate surface area is 291 Å². The lowest BCUT2D eigenvalue weighted by molar-refractivity contribution is -0.119. The maximum absolute atomic E-state index is 14.3. The van der Waals surface area contributed by atoms with Crippen LogP contribution in [0.15, 0.2) is 100 Å². The summed E-state index contributed by atoms with van der Waals surface area (Å²) in [6.07, 6.45) is 2.12. The molecule has 1 aliphatic heterocycles. The van der Waals surface area contributed by atoms with Crippen LogP contribution >= 0.6 is 22.6 Å². The molecule has 0 unspecified atom stereocenters. The third kappa shape index (κ3) is 6.66. The summed E-state index contributed by atoms with van der Waals surface area (Å²) in [5, 5.41) is 0. The van der Waals surface area contributed by atoms with Crippen LogP contribution in [-0.2, 0) is 26.3 Å². The lowest BCUT2D eigenvalue weighted by atomic mass is 9.63. The molecule has 0 bridgehead atoms. The number of rotatable bonds is 8. The van der Waals surface area contributed by atoms with E-state index in [2.05, 4.69) is 67.3 Å². The molecule has 0 atom stereocenters. The van der Waals surface area contributed by atoms with Crippen molar-refractivity contribution < 1.29 is 26.9 Å². The number of carbonyl (C=O) groups is 2. The van der Waals surface area contributed by atoms with Gasteiger partial charge in [-0.2, -0.15) is 8.42 Å². The molecular formula is C38H40INO6S. The fraction of sp³-hybridized carbons (Fsp3) is 0.368. The fourth-order valence-corrected chi connectivity index (χ4v) is 9.04. The van der Waals surface area contributed by atoms with Crippen molar-refractivity contribution >= 4 is 44.3 Å². The summed E-state index contributed by atoms with van der Waals surface area (Å²) in [5.41, 5.74) is 4.53. The molecule has 2 aliphatic carbocycles. The van der Waals surface area contributed by atoms with E-state index in [4.69, 9.17) is 8.92 Å². The molecule has 9 heteroatoms. The van der Waals surface area contributed by atoms with Gasteiger partial charge in [0, 0.05) is 47.8 Å². The number of allylic oxidation sites excluding steroid dienone is 4. The number of ketones is 2. The fourth-order valence-electron chi connectivity index (χ4n) is 7.18. The highest BCUT2D eigenvalue weighted by Gasteiger charge is 2.49. The monoisotopic (exact) mass is 765 g/mol. The van der Waals surface area contributed by atoms with Gasteiger partial charge in [-0.25, -0.2) is 0 Å². The molecule has 3 aliphatic rings. The lowest BCUT2D eigenvalue weighted by Gasteiger charge is -2.49. The Balaban J connectivity index is 1.55. The summed E-state index contributed by atoms with van der Waals surface area (Å²) in [4.78, 5) is 30.9. The van der Waals surface area contributed by atoms with E-state index >= 15 is 0 Å². The zero-order valence-corrected chi connectivity index (χ0v) is 30.4. The largest absolute Gasteiger partial charge is 0.490 e. The molecule has 3 aromatic carbocycles. The number of nitrogens with zero attached hydrogens (tertiary/aromatic N) is 1. The number of ether oxygens (including phenoxy) is 1. The van der Waals surface area contributed by atoms with Crippen molar-refractivity contribution in [1.29, 1.82) is 0 Å². The van der Waals surface area contributed by atoms with Gasteiger partial charge in [0.25, 0.3) is 0 Å². The molecule has 0 spiro atoms. The normalized spacial score (nSPS) is 19.4. The van der Waals surface area contributed by atoms with E-state index in [0.29, 0.717) is 52.5 Å². The molecule has 47 heavy (non-hydrogen) atoms. The molecule has 6 rings (SSSR count). The summed E-state index contributed by atoms with van der Waals surface area (Å²) in [6, 6.07) is 21.7. The van der Waals surface area contributed by atoms with Gasteiger partial charge < -0.3 is 13.8 Å². The Morgan fingerprint density at radius 2 is 1.34 bits per heavy atom. The van der Waals surface area contributed by atoms with Crippen LogP contribution in [0, 0.1) is 14.4 Å². The predicted molar refractivity (Wildman–Crippen MR) is 189 cm³/mol. The number of halogens is 1. The van der Waals surface area contributed by atoms with Crippen molar-refractivity contribution in [2.75, 3.05) is 6.61 Å². The zero-order valence-electron chi connectivity index (χ0n) is 27.4. The first kappa shape index (κ1) is 33.5. The van der Waals surface area contributed by atoms with Gasteiger partial charge >= 0.3 is 10.1 Å². The smallest absolute Gasteiger partial charge is 0.339 e. The van der Waals surface area contributed by atoms with Crippen molar-refractivity contribution in [1.82, 2.24) is 4.90 Å². The molecule has 0 fully saturated rings. The minimum absolute atomic E-state index is 0.0310. The summed E-state index contributed by atoms with van der Waals surface area (Å²) in [7, 11) is -4.15. The highest BCUT2D eigenvalue weighted by atomic mass is 127. The molecule has 0 amide bonds. The maximum atomic E-state index is 14.3. The maximum Gasteiger partial charge on any atom is 0.339 e. The van der Waals surface area contributed by atoms with Crippen LogP contribution in [0.2, 0.25) is 0 Å². The van der Waals surface area contributed by atoms with Gasteiger partial charge in [0.15, 0.2) is 23.1 Å². The van der Waals surface area contributed by atoms with E-state index in [-0.39, 0.29) is 45.4 Å². The van der Waals surface area contributed by atoms with E-state index in [1.165, 1.54) is 12.1 Å². The molecule has 0 saturated heterocycles. The SMILES string of the molecule is CCOc1cc(C2C3=C(CC(C)(C)CC3=O)N(Cc3ccccc3)C3=C2C(=O)CC(C)(C)C3)cc(I)c1OS(=O)(=O)c1ccccc1. The Morgan fingerprint density at radius 3 is 1.87 bits per heavy atom. The first-order valence-electron chi connectivity index (χ1n) is 16.0. The van der Waals surface area contributed by atoms with Gasteiger partial charge in [0.1, 0.15) is 4.90 Å². The average Bonchev–Trinajstić information content (AvgIpc) is 2.99. The molecule has 0 saturated carbocycles. The van der Waals surface area contributed by atoms with E-state index < -0.39 is 16.0 Å². The van der Waals surface area contributed by atoms with Gasteiger partial charge in [0.2, 0.25) is 0 Å². The molecule has 7 nitrogen and oxygen atoms in total. The third-order valence-corrected chi connectivity index (χ3v) is 11.1. The van der Waals surface area contributed by atoms with E-state index in [1.807, 2.05) is 31.2 Å². The highest BCUT2D eigenvalue weighted by Crippen LogP contribution is 2.55. The second-order valence-corrected chi connectivity index (χ2v) is 16.9. The minimum Gasteiger partial charge on any atom is -0.490 e. The summed E-state index contributed by atoms with van der Waals surface area (Å²) >= 11 is 2.06. The van der Waals surface area contributed by atoms with Crippen LogP contribution in [0.4, 0.5) is 0 Å². The van der Waals surface area contributed by atoms with Gasteiger partial charge in [-0.3, -0.25) is 9.59 Å². The van der Waals surface area contributed by atoms with Crippen LogP contribution in [0.5, 0.6) is 11.5 Å². The van der Waals surface area contributed by atoms with Crippen LogP contribution in [0.1, 0.15) is 77.3 Å². The standard InChI is InChI=1S/C38H40INO6S/c1-6-45-32-18-25(17-27(39)36(32)46-47(43,44)26-15-11-8-12-16-26)33-34-28(19-37(2,3)21-30(34)41)40(23-24-13-9-7-10-14-24)29-20-38(4,5)22-31(42)35(29)33/h7-18,33H,6,19-23H2,1-5H3. The molecule has 3 aromatic rings. The number of hydrogen-bond acceptors (Lipinski definition) is 7. The zero-order chi connectivity index (χ0) is 33.7. The van der Waals surface area contributed by atoms with E-state index in [9.17, 15) is 18.0 Å². The summed E-state index contributed by atoms with van der Waals surface area (Å²) in [5.74, 6) is -0.215. The van der Waals surface area contributed by atoms with Crippen molar-refractivity contribution in [2.24, 2.45) is 10.8 Å². The Kier molecular flexibility index (Phi) is 8.93. The first-order chi connectivity index (χ1) is 22.2. The van der Waals surface area contributed by atoms with Crippen molar-refractivity contribution in [2.45, 2.75) is 77.7 Å². The quantitative estimate of drug-likeness (QED) is 0.168. The predicted octanol–water partition coefficient (Wildman–Crippen LogP) is 8.34. The average molecular weight is 766 g/mol. The van der Waals surface area contributed by atoms with Crippen LogP contribution in [0.3, 0.4) is 0 Å². The number of Topliss-reactive ketones (excluding diaryl/α,β-unsaturated/α-hetero) is 2. The number of carbonyl (C=O) groups excluding carboxylic acids is 2. The van der Waals surface area contributed by atoms with Crippen molar-refractivity contribution in [3.8, 4) is 11.5 Å². The highest BCUT2D eigenvalue weighted by molar-refractivity contribution is 14.1. The minimum atomic E-state index is -4.15. The van der Waals surface area contributed by atoms with Crippen molar-refractivity contribution in [3.63, 3.8) is 0 Å². The van der Waals surface area contributed by atoms with E-state index in [1.54, 1.807) is 24.3 Å². The molecule has 246 valence electrons. The summed E-state index contributed by atoms with van der Waals surface area (Å²) in [6.45, 7) is 11.1. The van der Waals surface area contributed by atoms with Gasteiger partial charge in [-0.1, -0.05) is 76.2 Å². The molecular weight excluding hydrogens is 725 g/mol. The van der Waals surface area contributed by atoms with Crippen LogP contribution in [-0.4, -0.2) is 31.5 Å². The Hall–Kier alpha value is -3.44. The topological polar surface area (TPSA) is 90.0 Å². The molecule has 0 N–H and O–H groups in total.